The Morgan fingerprint density at radius 1 is 1.11 bits per heavy atom. The molecular weight excluding hydrogens is 236 g/mol. The first-order valence-electron chi connectivity index (χ1n) is 7.97. The SMILES string of the molecule is N#CC1(NC(=O)C2C3C4CCC(C4)C23)CCCCC1. The highest BCUT2D eigenvalue weighted by Gasteiger charge is 2.67. The molecule has 4 aliphatic rings. The number of hydrogen-bond donors (Lipinski definition) is 1. The number of nitrogens with one attached hydrogen (secondary N) is 1. The van der Waals surface area contributed by atoms with Crippen LogP contribution in [0.5, 0.6) is 0 Å². The van der Waals surface area contributed by atoms with E-state index in [0.29, 0.717) is 11.8 Å². The quantitative estimate of drug-likeness (QED) is 0.827. The van der Waals surface area contributed by atoms with Gasteiger partial charge in [-0.25, -0.2) is 0 Å². The summed E-state index contributed by atoms with van der Waals surface area (Å²) in [5.74, 6) is 3.48. The number of carbonyl (C=O) groups is 1. The predicted octanol–water partition coefficient (Wildman–Crippen LogP) is 2.62. The fourth-order valence-corrected chi connectivity index (χ4v) is 5.41. The van der Waals surface area contributed by atoms with Gasteiger partial charge in [0.05, 0.1) is 6.07 Å². The summed E-state index contributed by atoms with van der Waals surface area (Å²) in [5, 5.41) is 12.6. The standard InChI is InChI=1S/C16H22N2O/c17-9-16(6-2-1-3-7-16)18-15(19)14-12-10-4-5-11(8-10)13(12)14/h10-14H,1-8H2,(H,18,19). The molecule has 4 fully saturated rings. The second-order valence-corrected chi connectivity index (χ2v) is 7.26. The number of fused-ring (bicyclic) bond motifs is 5. The largest absolute Gasteiger partial charge is 0.338 e. The fraction of sp³-hybridized carbons (Fsp3) is 0.875. The first kappa shape index (κ1) is 11.8. The number of amides is 1. The lowest BCUT2D eigenvalue weighted by Gasteiger charge is -2.32. The molecule has 0 radical (unpaired) electrons. The van der Waals surface area contributed by atoms with E-state index in [-0.39, 0.29) is 11.8 Å². The van der Waals surface area contributed by atoms with Crippen LogP contribution in [0.25, 0.3) is 0 Å². The number of hydrogen-bond acceptors (Lipinski definition) is 2. The zero-order valence-electron chi connectivity index (χ0n) is 11.4. The van der Waals surface area contributed by atoms with E-state index in [0.717, 1.165) is 37.5 Å². The molecule has 0 heterocycles. The topological polar surface area (TPSA) is 52.9 Å². The van der Waals surface area contributed by atoms with Gasteiger partial charge in [0, 0.05) is 5.92 Å². The van der Waals surface area contributed by atoms with E-state index in [2.05, 4.69) is 11.4 Å². The van der Waals surface area contributed by atoms with Gasteiger partial charge in [-0.1, -0.05) is 19.3 Å². The maximum Gasteiger partial charge on any atom is 0.224 e. The molecule has 0 saturated heterocycles. The molecule has 1 N–H and O–H groups in total. The Morgan fingerprint density at radius 3 is 2.32 bits per heavy atom. The molecule has 0 aliphatic heterocycles. The van der Waals surface area contributed by atoms with Gasteiger partial charge in [-0.2, -0.15) is 5.26 Å². The maximum atomic E-state index is 12.5. The Morgan fingerprint density at radius 2 is 1.74 bits per heavy atom. The van der Waals surface area contributed by atoms with Gasteiger partial charge in [0.2, 0.25) is 5.91 Å². The second kappa shape index (κ2) is 3.98. The summed E-state index contributed by atoms with van der Waals surface area (Å²) in [4.78, 5) is 12.5. The van der Waals surface area contributed by atoms with Crippen LogP contribution in [0.15, 0.2) is 0 Å². The van der Waals surface area contributed by atoms with Gasteiger partial charge in [0.15, 0.2) is 0 Å². The molecule has 4 aliphatic carbocycles. The molecule has 19 heavy (non-hydrogen) atoms. The second-order valence-electron chi connectivity index (χ2n) is 7.26. The van der Waals surface area contributed by atoms with E-state index >= 15 is 0 Å². The molecule has 3 nitrogen and oxygen atoms in total. The van der Waals surface area contributed by atoms with Crippen LogP contribution >= 0.6 is 0 Å². The Hall–Kier alpha value is -1.04. The number of rotatable bonds is 2. The van der Waals surface area contributed by atoms with E-state index in [1.807, 2.05) is 0 Å². The van der Waals surface area contributed by atoms with E-state index in [9.17, 15) is 10.1 Å². The normalized spacial score (nSPS) is 45.3. The molecule has 3 heteroatoms. The van der Waals surface area contributed by atoms with E-state index in [1.165, 1.54) is 25.7 Å². The van der Waals surface area contributed by atoms with Gasteiger partial charge < -0.3 is 5.32 Å². The van der Waals surface area contributed by atoms with E-state index in [4.69, 9.17) is 0 Å². The molecule has 4 unspecified atom stereocenters. The minimum atomic E-state index is -0.536. The summed E-state index contributed by atoms with van der Waals surface area (Å²) in [5.41, 5.74) is -0.536. The van der Waals surface area contributed by atoms with Crippen molar-refractivity contribution < 1.29 is 4.79 Å². The van der Waals surface area contributed by atoms with Crippen LogP contribution in [0.1, 0.15) is 51.4 Å². The molecule has 2 bridgehead atoms. The van der Waals surface area contributed by atoms with Crippen molar-refractivity contribution in [3.8, 4) is 6.07 Å². The summed E-state index contributed by atoms with van der Waals surface area (Å²) >= 11 is 0. The maximum absolute atomic E-state index is 12.5. The highest BCUT2D eigenvalue weighted by molar-refractivity contribution is 5.84. The van der Waals surface area contributed by atoms with Crippen molar-refractivity contribution in [3.63, 3.8) is 0 Å². The Balaban J connectivity index is 1.44. The third-order valence-electron chi connectivity index (χ3n) is 6.32. The van der Waals surface area contributed by atoms with Crippen LogP contribution in [-0.2, 0) is 4.79 Å². The fourth-order valence-electron chi connectivity index (χ4n) is 5.41. The average molecular weight is 258 g/mol. The molecule has 4 atom stereocenters. The molecule has 0 aromatic rings. The van der Waals surface area contributed by atoms with Crippen LogP contribution in [0.4, 0.5) is 0 Å². The lowest BCUT2D eigenvalue weighted by molar-refractivity contribution is -0.125. The highest BCUT2D eigenvalue weighted by Crippen LogP contribution is 2.69. The summed E-state index contributed by atoms with van der Waals surface area (Å²) in [7, 11) is 0. The molecule has 1 amide bonds. The molecule has 4 rings (SSSR count). The summed E-state index contributed by atoms with van der Waals surface area (Å²) in [6, 6.07) is 2.40. The van der Waals surface area contributed by atoms with Gasteiger partial charge in [-0.3, -0.25) is 4.79 Å². The van der Waals surface area contributed by atoms with Crippen molar-refractivity contribution in [2.24, 2.45) is 29.6 Å². The zero-order valence-corrected chi connectivity index (χ0v) is 11.4. The van der Waals surface area contributed by atoms with Gasteiger partial charge in [-0.15, -0.1) is 0 Å². The summed E-state index contributed by atoms with van der Waals surface area (Å²) in [6.45, 7) is 0. The van der Waals surface area contributed by atoms with Crippen LogP contribution in [-0.4, -0.2) is 11.4 Å². The third-order valence-corrected chi connectivity index (χ3v) is 6.32. The first-order valence-corrected chi connectivity index (χ1v) is 7.97. The van der Waals surface area contributed by atoms with Crippen LogP contribution < -0.4 is 5.32 Å². The molecule has 102 valence electrons. The molecular formula is C16H22N2O. The van der Waals surface area contributed by atoms with Gasteiger partial charge >= 0.3 is 0 Å². The number of carbonyl (C=O) groups excluding carboxylic acids is 1. The molecule has 4 saturated carbocycles. The van der Waals surface area contributed by atoms with E-state index in [1.54, 1.807) is 0 Å². The van der Waals surface area contributed by atoms with Crippen molar-refractivity contribution in [2.45, 2.75) is 56.9 Å². The van der Waals surface area contributed by atoms with Crippen molar-refractivity contribution in [2.75, 3.05) is 0 Å². The average Bonchev–Trinajstić information content (AvgIpc) is 2.89. The van der Waals surface area contributed by atoms with Crippen LogP contribution in [0.2, 0.25) is 0 Å². The third kappa shape index (κ3) is 1.65. The lowest BCUT2D eigenvalue weighted by atomic mass is 9.82. The lowest BCUT2D eigenvalue weighted by Crippen LogP contribution is -2.49. The van der Waals surface area contributed by atoms with Crippen molar-refractivity contribution in [3.05, 3.63) is 0 Å². The minimum absolute atomic E-state index is 0.204. The van der Waals surface area contributed by atoms with Gasteiger partial charge in [0.25, 0.3) is 0 Å². The molecule has 0 aromatic heterocycles. The monoisotopic (exact) mass is 258 g/mol. The smallest absolute Gasteiger partial charge is 0.224 e. The first-order chi connectivity index (χ1) is 9.24. The summed E-state index contributed by atoms with van der Waals surface area (Å²) < 4.78 is 0. The number of nitriles is 1. The Kier molecular flexibility index (Phi) is 2.46. The summed E-state index contributed by atoms with van der Waals surface area (Å²) in [6.07, 6.45) is 9.14. The van der Waals surface area contributed by atoms with Crippen molar-refractivity contribution in [1.29, 1.82) is 5.26 Å². The van der Waals surface area contributed by atoms with Gasteiger partial charge in [-0.05, 0) is 55.8 Å². The number of nitrogens with zero attached hydrogens (tertiary/aromatic N) is 1. The van der Waals surface area contributed by atoms with Crippen LogP contribution in [0.3, 0.4) is 0 Å². The Bertz CT molecular complexity index is 430. The van der Waals surface area contributed by atoms with Crippen molar-refractivity contribution >= 4 is 5.91 Å². The molecule has 0 spiro atoms. The Labute approximate surface area is 114 Å². The molecule has 0 aromatic carbocycles. The van der Waals surface area contributed by atoms with Crippen molar-refractivity contribution in [1.82, 2.24) is 5.32 Å². The van der Waals surface area contributed by atoms with Crippen LogP contribution in [0, 0.1) is 40.9 Å². The van der Waals surface area contributed by atoms with E-state index < -0.39 is 5.54 Å². The predicted molar refractivity (Wildman–Crippen MR) is 70.9 cm³/mol. The minimum Gasteiger partial charge on any atom is -0.338 e. The highest BCUT2D eigenvalue weighted by atomic mass is 16.2. The zero-order chi connectivity index (χ0) is 13.0. The van der Waals surface area contributed by atoms with Gasteiger partial charge in [0.1, 0.15) is 5.54 Å².